The summed E-state index contributed by atoms with van der Waals surface area (Å²) in [5, 5.41) is 3.79. The molecular formula is C17H24N2O3S. The van der Waals surface area contributed by atoms with Crippen LogP contribution in [0.25, 0.3) is 0 Å². The molecule has 1 unspecified atom stereocenters. The van der Waals surface area contributed by atoms with Crippen molar-refractivity contribution in [2.24, 2.45) is 11.8 Å². The van der Waals surface area contributed by atoms with Gasteiger partial charge in [-0.1, -0.05) is 11.8 Å². The van der Waals surface area contributed by atoms with Crippen LogP contribution in [0.5, 0.6) is 0 Å². The molecule has 0 bridgehead atoms. The Balaban J connectivity index is 1.61. The smallest absolute Gasteiger partial charge is 0.257 e. The van der Waals surface area contributed by atoms with Crippen LogP contribution in [0.4, 0.5) is 0 Å². The maximum absolute atomic E-state index is 12.7. The van der Waals surface area contributed by atoms with E-state index in [0.29, 0.717) is 30.3 Å². The van der Waals surface area contributed by atoms with E-state index in [4.69, 9.17) is 4.42 Å². The Morgan fingerprint density at radius 2 is 2.17 bits per heavy atom. The van der Waals surface area contributed by atoms with Crippen molar-refractivity contribution >= 4 is 23.6 Å². The summed E-state index contributed by atoms with van der Waals surface area (Å²) in [7, 11) is 0. The number of aryl methyl sites for hydroxylation is 1. The number of thioether (sulfide) groups is 1. The third kappa shape index (κ3) is 3.91. The highest BCUT2D eigenvalue weighted by Gasteiger charge is 2.31. The first-order valence-corrected chi connectivity index (χ1v) is 9.52. The first-order valence-electron chi connectivity index (χ1n) is 8.30. The fraction of sp³-hybridized carbons (Fsp3) is 0.647. The van der Waals surface area contributed by atoms with Crippen LogP contribution < -0.4 is 5.32 Å². The molecule has 5 nitrogen and oxygen atoms in total. The average molecular weight is 336 g/mol. The number of carbonyl (C=O) groups excluding carboxylic acids is 2. The topological polar surface area (TPSA) is 62.6 Å². The summed E-state index contributed by atoms with van der Waals surface area (Å²) >= 11 is 1.49. The zero-order valence-corrected chi connectivity index (χ0v) is 14.6. The maximum Gasteiger partial charge on any atom is 0.257 e. The van der Waals surface area contributed by atoms with Gasteiger partial charge in [0.25, 0.3) is 5.91 Å². The Hall–Kier alpha value is -1.43. The second-order valence-electron chi connectivity index (χ2n) is 6.52. The lowest BCUT2D eigenvalue weighted by molar-refractivity contribution is -0.126. The minimum absolute atomic E-state index is 0.0220. The maximum atomic E-state index is 12.7. The van der Waals surface area contributed by atoms with Gasteiger partial charge in [-0.2, -0.15) is 0 Å². The van der Waals surface area contributed by atoms with Crippen molar-refractivity contribution in [1.29, 1.82) is 0 Å². The molecule has 1 aromatic rings. The van der Waals surface area contributed by atoms with Gasteiger partial charge < -0.3 is 14.6 Å². The standard InChI is InChI=1S/C17H24N2O3S/c1-11-14(8-15(22-11)23-2)17(21)19-7-3-4-13(10-19)16(20)18-9-12-5-6-12/h8,12-13H,3-7,9-10H2,1-2H3,(H,18,20). The summed E-state index contributed by atoms with van der Waals surface area (Å²) in [6.07, 6.45) is 6.12. The van der Waals surface area contributed by atoms with Crippen molar-refractivity contribution in [3.63, 3.8) is 0 Å². The summed E-state index contributed by atoms with van der Waals surface area (Å²) in [5.74, 6) is 1.33. The third-order valence-electron chi connectivity index (χ3n) is 4.67. The highest BCUT2D eigenvalue weighted by molar-refractivity contribution is 7.98. The van der Waals surface area contributed by atoms with Crippen molar-refractivity contribution in [3.8, 4) is 0 Å². The highest BCUT2D eigenvalue weighted by Crippen LogP contribution is 2.28. The number of hydrogen-bond donors (Lipinski definition) is 1. The molecule has 2 amide bonds. The fourth-order valence-electron chi connectivity index (χ4n) is 3.02. The molecule has 1 N–H and O–H groups in total. The second-order valence-corrected chi connectivity index (χ2v) is 7.33. The van der Waals surface area contributed by atoms with Crippen LogP contribution in [-0.2, 0) is 4.79 Å². The number of rotatable bonds is 5. The van der Waals surface area contributed by atoms with Crippen LogP contribution >= 0.6 is 11.8 Å². The molecule has 1 atom stereocenters. The number of furan rings is 1. The van der Waals surface area contributed by atoms with Gasteiger partial charge in [-0.05, 0) is 44.8 Å². The van der Waals surface area contributed by atoms with Crippen molar-refractivity contribution in [1.82, 2.24) is 10.2 Å². The first-order chi connectivity index (χ1) is 11.1. The second kappa shape index (κ2) is 6.99. The molecule has 23 heavy (non-hydrogen) atoms. The number of nitrogens with one attached hydrogen (secondary N) is 1. The quantitative estimate of drug-likeness (QED) is 0.840. The Morgan fingerprint density at radius 1 is 1.39 bits per heavy atom. The molecule has 0 spiro atoms. The zero-order chi connectivity index (χ0) is 16.4. The van der Waals surface area contributed by atoms with E-state index >= 15 is 0 Å². The van der Waals surface area contributed by atoms with Gasteiger partial charge in [0.05, 0.1) is 11.5 Å². The minimum atomic E-state index is -0.0846. The molecule has 1 aromatic heterocycles. The Bertz CT molecular complexity index is 595. The molecule has 2 heterocycles. The first kappa shape index (κ1) is 16.4. The van der Waals surface area contributed by atoms with E-state index in [9.17, 15) is 9.59 Å². The third-order valence-corrected chi connectivity index (χ3v) is 5.27. The lowest BCUT2D eigenvalue weighted by atomic mass is 9.96. The van der Waals surface area contributed by atoms with E-state index < -0.39 is 0 Å². The van der Waals surface area contributed by atoms with E-state index in [1.54, 1.807) is 11.0 Å². The van der Waals surface area contributed by atoms with Crippen LogP contribution in [0.1, 0.15) is 41.8 Å². The Morgan fingerprint density at radius 3 is 2.83 bits per heavy atom. The summed E-state index contributed by atoms with van der Waals surface area (Å²) in [4.78, 5) is 26.8. The number of amides is 2. The summed E-state index contributed by atoms with van der Waals surface area (Å²) in [6.45, 7) is 3.83. The summed E-state index contributed by atoms with van der Waals surface area (Å²) in [5.41, 5.74) is 0.619. The SMILES string of the molecule is CSc1cc(C(=O)N2CCCC(C(=O)NCC3CC3)C2)c(C)o1. The molecular weight excluding hydrogens is 312 g/mol. The van der Waals surface area contributed by atoms with Gasteiger partial charge in [0.1, 0.15) is 5.76 Å². The fourth-order valence-corrected chi connectivity index (χ4v) is 3.47. The number of piperidine rings is 1. The molecule has 126 valence electrons. The summed E-state index contributed by atoms with van der Waals surface area (Å²) in [6, 6.07) is 1.80. The molecule has 0 aromatic carbocycles. The molecule has 1 saturated heterocycles. The van der Waals surface area contributed by atoms with Crippen LogP contribution in [0.2, 0.25) is 0 Å². The number of carbonyl (C=O) groups is 2. The number of hydrogen-bond acceptors (Lipinski definition) is 4. The molecule has 6 heteroatoms. The predicted octanol–water partition coefficient (Wildman–Crippen LogP) is 2.69. The monoisotopic (exact) mass is 336 g/mol. The molecule has 0 radical (unpaired) electrons. The van der Waals surface area contributed by atoms with Crippen molar-refractivity contribution in [2.75, 3.05) is 25.9 Å². The van der Waals surface area contributed by atoms with Gasteiger partial charge in [0.15, 0.2) is 5.09 Å². The van der Waals surface area contributed by atoms with Crippen molar-refractivity contribution < 1.29 is 14.0 Å². The van der Waals surface area contributed by atoms with Gasteiger partial charge in [-0.15, -0.1) is 0 Å². The van der Waals surface area contributed by atoms with E-state index in [0.717, 1.165) is 24.5 Å². The van der Waals surface area contributed by atoms with E-state index in [1.165, 1.54) is 24.6 Å². The van der Waals surface area contributed by atoms with Crippen LogP contribution in [-0.4, -0.2) is 42.6 Å². The van der Waals surface area contributed by atoms with E-state index in [2.05, 4.69) is 5.32 Å². The Labute approximate surface area is 141 Å². The lowest BCUT2D eigenvalue weighted by Gasteiger charge is -2.32. The van der Waals surface area contributed by atoms with Gasteiger partial charge in [-0.3, -0.25) is 9.59 Å². The average Bonchev–Trinajstić information content (AvgIpc) is 3.33. The number of nitrogens with zero attached hydrogens (tertiary/aromatic N) is 1. The van der Waals surface area contributed by atoms with Crippen LogP contribution in [0, 0.1) is 18.8 Å². The molecule has 3 rings (SSSR count). The molecule has 2 fully saturated rings. The molecule has 1 aliphatic heterocycles. The highest BCUT2D eigenvalue weighted by atomic mass is 32.2. The van der Waals surface area contributed by atoms with E-state index in [1.807, 2.05) is 13.2 Å². The molecule has 1 saturated carbocycles. The van der Waals surface area contributed by atoms with Crippen molar-refractivity contribution in [2.45, 2.75) is 37.7 Å². The summed E-state index contributed by atoms with van der Waals surface area (Å²) < 4.78 is 5.56. The largest absolute Gasteiger partial charge is 0.454 e. The Kier molecular flexibility index (Phi) is 4.99. The molecule has 1 aliphatic carbocycles. The van der Waals surface area contributed by atoms with Gasteiger partial charge in [-0.25, -0.2) is 0 Å². The van der Waals surface area contributed by atoms with Crippen LogP contribution in [0.15, 0.2) is 15.6 Å². The van der Waals surface area contributed by atoms with Gasteiger partial charge >= 0.3 is 0 Å². The van der Waals surface area contributed by atoms with Gasteiger partial charge in [0.2, 0.25) is 5.91 Å². The predicted molar refractivity (Wildman–Crippen MR) is 89.6 cm³/mol. The minimum Gasteiger partial charge on any atom is -0.454 e. The molecule has 2 aliphatic rings. The zero-order valence-electron chi connectivity index (χ0n) is 13.8. The van der Waals surface area contributed by atoms with Crippen LogP contribution in [0.3, 0.4) is 0 Å². The van der Waals surface area contributed by atoms with Gasteiger partial charge in [0, 0.05) is 25.7 Å². The number of likely N-dealkylation sites (tertiary alicyclic amines) is 1. The lowest BCUT2D eigenvalue weighted by Crippen LogP contribution is -2.45. The van der Waals surface area contributed by atoms with Crippen molar-refractivity contribution in [3.05, 3.63) is 17.4 Å². The normalized spacial score (nSPS) is 21.3. The van der Waals surface area contributed by atoms with E-state index in [-0.39, 0.29) is 17.7 Å².